The quantitative estimate of drug-likeness (QED) is 0.927. The summed E-state index contributed by atoms with van der Waals surface area (Å²) in [6.07, 6.45) is 2.69. The van der Waals surface area contributed by atoms with Crippen molar-refractivity contribution in [3.05, 3.63) is 41.7 Å². The number of nitrogens with zero attached hydrogens (tertiary/aromatic N) is 3. The first-order valence-electron chi connectivity index (χ1n) is 6.97. The van der Waals surface area contributed by atoms with E-state index in [9.17, 15) is 13.2 Å². The van der Waals surface area contributed by atoms with E-state index >= 15 is 0 Å². The Kier molecular flexibility index (Phi) is 3.75. The number of hydrogen-bond donors (Lipinski definition) is 1. The molecule has 1 aliphatic heterocycles. The first-order chi connectivity index (χ1) is 10.8. The third-order valence-electron chi connectivity index (χ3n) is 3.77. The summed E-state index contributed by atoms with van der Waals surface area (Å²) < 4.78 is 42.0. The lowest BCUT2D eigenvalue weighted by atomic mass is 9.89. The van der Waals surface area contributed by atoms with Gasteiger partial charge in [0, 0.05) is 24.4 Å². The second-order valence-corrected chi connectivity index (χ2v) is 5.37. The van der Waals surface area contributed by atoms with Gasteiger partial charge in [-0.05, 0) is 18.1 Å². The van der Waals surface area contributed by atoms with Gasteiger partial charge in [-0.15, -0.1) is 0 Å². The fourth-order valence-corrected chi connectivity index (χ4v) is 2.69. The average Bonchev–Trinajstić information content (AvgIpc) is 2.79. The molecule has 0 saturated heterocycles. The fraction of sp³-hybridized carbons (Fsp3) is 0.333. The number of likely N-dealkylation sites (N-methyl/N-ethyl adjacent to an activating group) is 1. The Hall–Kier alpha value is -2.51. The van der Waals surface area contributed by atoms with Crippen LogP contribution in [0, 0.1) is 0 Å². The van der Waals surface area contributed by atoms with Gasteiger partial charge >= 0.3 is 6.18 Å². The summed E-state index contributed by atoms with van der Waals surface area (Å²) in [5.74, 6) is 0.582. The number of ether oxygens (including phenoxy) is 1. The highest BCUT2D eigenvalue weighted by molar-refractivity contribution is 6.01. The Morgan fingerprint density at radius 3 is 2.91 bits per heavy atom. The summed E-state index contributed by atoms with van der Waals surface area (Å²) in [6.45, 7) is -1.35. The number of hydrogen-bond acceptors (Lipinski definition) is 5. The molecule has 0 fully saturated rings. The van der Waals surface area contributed by atoms with Crippen LogP contribution in [-0.4, -0.2) is 41.7 Å². The Balaban J connectivity index is 1.87. The molecule has 0 spiro atoms. The van der Waals surface area contributed by atoms with Gasteiger partial charge in [-0.1, -0.05) is 12.2 Å². The summed E-state index contributed by atoms with van der Waals surface area (Å²) in [7, 11) is 1.81. The van der Waals surface area contributed by atoms with Crippen molar-refractivity contribution in [1.29, 1.82) is 0 Å². The number of aromatic nitrogens is 1. The van der Waals surface area contributed by atoms with Gasteiger partial charge in [0.2, 0.25) is 0 Å². The van der Waals surface area contributed by atoms with Crippen LogP contribution in [0.2, 0.25) is 0 Å². The molecule has 0 saturated carbocycles. The number of alkyl halides is 3. The molecule has 2 aliphatic rings. The summed E-state index contributed by atoms with van der Waals surface area (Å²) in [5, 5.41) is 5.94. The lowest BCUT2D eigenvalue weighted by Gasteiger charge is -2.25. The Bertz CT molecular complexity index is 709. The highest BCUT2D eigenvalue weighted by Gasteiger charge is 2.32. The minimum Gasteiger partial charge on any atom is -0.482 e. The predicted molar refractivity (Wildman–Crippen MR) is 79.6 cm³/mol. The van der Waals surface area contributed by atoms with E-state index in [0.29, 0.717) is 17.8 Å². The van der Waals surface area contributed by atoms with E-state index in [0.717, 1.165) is 11.1 Å². The van der Waals surface area contributed by atoms with E-state index in [1.54, 1.807) is 11.1 Å². The second kappa shape index (κ2) is 5.60. The Morgan fingerprint density at radius 1 is 1.39 bits per heavy atom. The number of fused-ring (bicyclic) bond motifs is 1. The monoisotopic (exact) mass is 324 g/mol. The maximum absolute atomic E-state index is 12.4. The third-order valence-corrected chi connectivity index (χ3v) is 3.77. The maximum atomic E-state index is 12.4. The molecule has 2 N–H and O–H groups in total. The Morgan fingerprint density at radius 2 is 2.17 bits per heavy atom. The summed E-state index contributed by atoms with van der Waals surface area (Å²) in [6, 6.07) is 1.63. The molecule has 1 aromatic rings. The molecule has 0 aromatic carbocycles. The zero-order chi connectivity index (χ0) is 16.6. The van der Waals surface area contributed by atoms with Crippen molar-refractivity contribution in [3.63, 3.8) is 0 Å². The van der Waals surface area contributed by atoms with Crippen molar-refractivity contribution >= 4 is 11.4 Å². The smallest absolute Gasteiger partial charge is 0.422 e. The van der Waals surface area contributed by atoms with Gasteiger partial charge < -0.3 is 10.5 Å². The van der Waals surface area contributed by atoms with E-state index in [-0.39, 0.29) is 11.8 Å². The largest absolute Gasteiger partial charge is 0.482 e. The van der Waals surface area contributed by atoms with E-state index in [1.807, 2.05) is 19.2 Å². The van der Waals surface area contributed by atoms with Crippen LogP contribution in [0.15, 0.2) is 41.3 Å². The third kappa shape index (κ3) is 3.15. The van der Waals surface area contributed by atoms with E-state index in [1.165, 1.54) is 12.4 Å². The first-order valence-corrected chi connectivity index (χ1v) is 6.97. The molecule has 1 atom stereocenters. The average molecular weight is 324 g/mol. The molecule has 0 radical (unpaired) electrons. The molecule has 122 valence electrons. The fourth-order valence-electron chi connectivity index (χ4n) is 2.69. The minimum absolute atomic E-state index is 0.0152. The summed E-state index contributed by atoms with van der Waals surface area (Å²) >= 11 is 0. The predicted octanol–water partition coefficient (Wildman–Crippen LogP) is 2.32. The number of allylic oxidation sites excluding steroid dienone is 2. The summed E-state index contributed by atoms with van der Waals surface area (Å²) in [5.41, 5.74) is 8.21. The van der Waals surface area contributed by atoms with E-state index in [4.69, 9.17) is 10.5 Å². The molecule has 5 nitrogen and oxygen atoms in total. The molecule has 8 heteroatoms. The molecule has 0 amide bonds. The molecule has 1 unspecified atom stereocenters. The van der Waals surface area contributed by atoms with Crippen LogP contribution in [0.1, 0.15) is 12.0 Å². The van der Waals surface area contributed by atoms with Crippen molar-refractivity contribution < 1.29 is 17.9 Å². The zero-order valence-electron chi connectivity index (χ0n) is 12.3. The van der Waals surface area contributed by atoms with Gasteiger partial charge in [0.15, 0.2) is 6.61 Å². The number of amidine groups is 1. The molecule has 1 aliphatic carbocycles. The van der Waals surface area contributed by atoms with Crippen LogP contribution in [0.3, 0.4) is 0 Å². The van der Waals surface area contributed by atoms with Gasteiger partial charge in [0.1, 0.15) is 11.6 Å². The number of halogens is 3. The van der Waals surface area contributed by atoms with Crippen molar-refractivity contribution in [3.8, 4) is 5.75 Å². The van der Waals surface area contributed by atoms with Crippen LogP contribution in [0.4, 0.5) is 13.2 Å². The van der Waals surface area contributed by atoms with Gasteiger partial charge in [0.05, 0.1) is 12.2 Å². The standard InChI is InChI=1S/C15H15F3N4O/c1-22-12-6-9(2-3-11(12)14(19)21-22)10-4-5-20-7-13(10)23-8-15(16,17)18/h2-5,7,12H,6,8H2,1H3,(H2,19,21). The van der Waals surface area contributed by atoms with E-state index < -0.39 is 12.8 Å². The van der Waals surface area contributed by atoms with Crippen LogP contribution >= 0.6 is 0 Å². The van der Waals surface area contributed by atoms with Crippen molar-refractivity contribution in [1.82, 2.24) is 9.99 Å². The van der Waals surface area contributed by atoms with Gasteiger partial charge in [-0.25, -0.2) is 0 Å². The number of nitrogens with two attached hydrogens (primary N) is 1. The molecular weight excluding hydrogens is 309 g/mol. The normalized spacial score (nSPS) is 20.6. The second-order valence-electron chi connectivity index (χ2n) is 5.37. The molecule has 1 aromatic heterocycles. The van der Waals surface area contributed by atoms with Crippen LogP contribution in [0.25, 0.3) is 5.57 Å². The summed E-state index contributed by atoms with van der Waals surface area (Å²) in [4.78, 5) is 3.85. The zero-order valence-corrected chi connectivity index (χ0v) is 12.3. The highest BCUT2D eigenvalue weighted by atomic mass is 19.4. The minimum atomic E-state index is -4.39. The topological polar surface area (TPSA) is 63.7 Å². The first kappa shape index (κ1) is 15.4. The van der Waals surface area contributed by atoms with Crippen LogP contribution in [0.5, 0.6) is 5.75 Å². The number of rotatable bonds is 3. The number of pyridine rings is 1. The molecule has 3 rings (SSSR count). The van der Waals surface area contributed by atoms with Crippen molar-refractivity contribution in [2.45, 2.75) is 18.6 Å². The van der Waals surface area contributed by atoms with Gasteiger partial charge in [-0.2, -0.15) is 18.3 Å². The maximum Gasteiger partial charge on any atom is 0.422 e. The lowest BCUT2D eigenvalue weighted by Crippen LogP contribution is -2.27. The SMILES string of the molecule is CN1N=C(N)C2=CC=C(c3ccncc3OCC(F)(F)F)CC21. The molecular formula is C15H15F3N4O. The molecule has 2 heterocycles. The highest BCUT2D eigenvalue weighted by Crippen LogP contribution is 2.36. The number of hydrazone groups is 1. The van der Waals surface area contributed by atoms with E-state index in [2.05, 4.69) is 10.1 Å². The Labute approximate surface area is 130 Å². The van der Waals surface area contributed by atoms with Gasteiger partial charge in [0.25, 0.3) is 0 Å². The van der Waals surface area contributed by atoms with Crippen molar-refractivity contribution in [2.75, 3.05) is 13.7 Å². The van der Waals surface area contributed by atoms with Crippen molar-refractivity contribution in [2.24, 2.45) is 10.8 Å². The van der Waals surface area contributed by atoms with Crippen LogP contribution < -0.4 is 10.5 Å². The van der Waals surface area contributed by atoms with Gasteiger partial charge in [-0.3, -0.25) is 9.99 Å². The molecule has 0 bridgehead atoms. The lowest BCUT2D eigenvalue weighted by molar-refractivity contribution is -0.153. The molecule has 23 heavy (non-hydrogen) atoms. The van der Waals surface area contributed by atoms with Crippen LogP contribution in [-0.2, 0) is 0 Å².